The van der Waals surface area contributed by atoms with Crippen molar-refractivity contribution in [1.82, 2.24) is 0 Å². The number of rotatable bonds is 9. The first-order valence-electron chi connectivity index (χ1n) is 7.90. The third-order valence-electron chi connectivity index (χ3n) is 3.26. The Balaban J connectivity index is 3.14. The summed E-state index contributed by atoms with van der Waals surface area (Å²) in [6.07, 6.45) is 6.76. The number of hydrogen-bond donors (Lipinski definition) is 0. The van der Waals surface area contributed by atoms with Gasteiger partial charge in [-0.2, -0.15) is 0 Å². The van der Waals surface area contributed by atoms with Crippen molar-refractivity contribution in [2.45, 2.75) is 34.1 Å². The van der Waals surface area contributed by atoms with E-state index < -0.39 is 7.60 Å². The fourth-order valence-electron chi connectivity index (χ4n) is 1.92. The minimum Gasteiger partial charge on any atom is -0.306 e. The number of allylic oxidation sites excluding steroid dienone is 3. The molecular weight excluding hydrogens is 295 g/mol. The number of benzene rings is 1. The van der Waals surface area contributed by atoms with Crippen molar-refractivity contribution in [1.29, 1.82) is 0 Å². The second-order valence-corrected chi connectivity index (χ2v) is 7.08. The maximum atomic E-state index is 13.0. The molecule has 0 amide bonds. The summed E-state index contributed by atoms with van der Waals surface area (Å²) >= 11 is 0. The van der Waals surface area contributed by atoms with Crippen molar-refractivity contribution in [3.05, 3.63) is 53.4 Å². The van der Waals surface area contributed by atoms with E-state index in [1.807, 2.05) is 62.4 Å². The van der Waals surface area contributed by atoms with E-state index in [0.717, 1.165) is 12.0 Å². The number of hydrogen-bond acceptors (Lipinski definition) is 3. The largest absolute Gasteiger partial charge is 0.360 e. The molecule has 0 saturated carbocycles. The third kappa shape index (κ3) is 5.92. The second-order valence-electron chi connectivity index (χ2n) is 5.05. The minimum absolute atomic E-state index is 0.310. The molecule has 122 valence electrons. The molecule has 0 heterocycles. The van der Waals surface area contributed by atoms with Crippen molar-refractivity contribution in [3.8, 4) is 0 Å². The highest BCUT2D eigenvalue weighted by Crippen LogP contribution is 2.57. The highest BCUT2D eigenvalue weighted by atomic mass is 31.2. The Morgan fingerprint density at radius 3 is 2.23 bits per heavy atom. The first-order valence-corrected chi connectivity index (χ1v) is 9.44. The van der Waals surface area contributed by atoms with Gasteiger partial charge in [0.1, 0.15) is 0 Å². The van der Waals surface area contributed by atoms with Crippen molar-refractivity contribution < 1.29 is 13.6 Å². The lowest BCUT2D eigenvalue weighted by atomic mass is 10.1. The van der Waals surface area contributed by atoms with Crippen LogP contribution < -0.4 is 0 Å². The molecule has 1 aromatic carbocycles. The SMILES string of the molecule is CCOP(=O)(OCC)C(/C=C/c1ccccc1)=C/C(C)CC. The van der Waals surface area contributed by atoms with Crippen LogP contribution in [0.4, 0.5) is 0 Å². The highest BCUT2D eigenvalue weighted by Gasteiger charge is 2.28. The van der Waals surface area contributed by atoms with E-state index in [2.05, 4.69) is 13.8 Å². The Morgan fingerprint density at radius 1 is 1.14 bits per heavy atom. The molecule has 1 atom stereocenters. The molecule has 0 aliphatic heterocycles. The summed E-state index contributed by atoms with van der Waals surface area (Å²) in [5.41, 5.74) is 1.05. The van der Waals surface area contributed by atoms with Gasteiger partial charge in [-0.15, -0.1) is 0 Å². The monoisotopic (exact) mass is 322 g/mol. The molecule has 1 rings (SSSR count). The van der Waals surface area contributed by atoms with E-state index in [4.69, 9.17) is 9.05 Å². The first-order chi connectivity index (χ1) is 10.6. The van der Waals surface area contributed by atoms with Gasteiger partial charge >= 0.3 is 7.60 Å². The first kappa shape index (κ1) is 18.9. The van der Waals surface area contributed by atoms with Crippen LogP contribution in [0.3, 0.4) is 0 Å². The molecule has 3 nitrogen and oxygen atoms in total. The fraction of sp³-hybridized carbons (Fsp3) is 0.444. The van der Waals surface area contributed by atoms with Crippen LogP contribution in [-0.2, 0) is 13.6 Å². The van der Waals surface area contributed by atoms with Crippen molar-refractivity contribution in [3.63, 3.8) is 0 Å². The Bertz CT molecular complexity index is 525. The summed E-state index contributed by atoms with van der Waals surface area (Å²) in [5.74, 6) is 0.310. The molecule has 0 aromatic heterocycles. The van der Waals surface area contributed by atoms with Crippen LogP contribution in [0.2, 0.25) is 0 Å². The van der Waals surface area contributed by atoms with E-state index in [-0.39, 0.29) is 0 Å². The highest BCUT2D eigenvalue weighted by molar-refractivity contribution is 7.58. The van der Waals surface area contributed by atoms with Crippen LogP contribution in [0.15, 0.2) is 47.8 Å². The van der Waals surface area contributed by atoms with Gasteiger partial charge in [0.2, 0.25) is 0 Å². The molecule has 0 aliphatic rings. The minimum atomic E-state index is -3.26. The molecule has 4 heteroatoms. The second kappa shape index (κ2) is 9.78. The van der Waals surface area contributed by atoms with Gasteiger partial charge in [0, 0.05) is 0 Å². The molecule has 0 N–H and O–H groups in total. The van der Waals surface area contributed by atoms with E-state index in [1.54, 1.807) is 0 Å². The average molecular weight is 322 g/mol. The smallest absolute Gasteiger partial charge is 0.306 e. The Kier molecular flexibility index (Phi) is 8.40. The zero-order valence-corrected chi connectivity index (χ0v) is 14.9. The van der Waals surface area contributed by atoms with Gasteiger partial charge in [-0.25, -0.2) is 0 Å². The lowest BCUT2D eigenvalue weighted by molar-refractivity contribution is 0.227. The molecule has 0 aliphatic carbocycles. The lowest BCUT2D eigenvalue weighted by Gasteiger charge is -2.19. The third-order valence-corrected chi connectivity index (χ3v) is 5.39. The Morgan fingerprint density at radius 2 is 1.73 bits per heavy atom. The quantitative estimate of drug-likeness (QED) is 0.419. The predicted octanol–water partition coefficient (Wildman–Crippen LogP) is 5.90. The summed E-state index contributed by atoms with van der Waals surface area (Å²) < 4.78 is 24.0. The molecule has 0 bridgehead atoms. The van der Waals surface area contributed by atoms with Crippen molar-refractivity contribution in [2.24, 2.45) is 5.92 Å². The van der Waals surface area contributed by atoms with Crippen molar-refractivity contribution >= 4 is 13.7 Å². The molecule has 0 radical (unpaired) electrons. The average Bonchev–Trinajstić information content (AvgIpc) is 2.52. The summed E-state index contributed by atoms with van der Waals surface area (Å²) in [4.78, 5) is 0. The van der Waals surface area contributed by atoms with E-state index in [1.165, 1.54) is 0 Å². The molecular formula is C18H27O3P. The maximum absolute atomic E-state index is 13.0. The maximum Gasteiger partial charge on any atom is 0.360 e. The molecule has 22 heavy (non-hydrogen) atoms. The molecule has 0 saturated heterocycles. The summed E-state index contributed by atoms with van der Waals surface area (Å²) in [6, 6.07) is 9.93. The van der Waals surface area contributed by atoms with E-state index >= 15 is 0 Å². The molecule has 0 spiro atoms. The van der Waals surface area contributed by atoms with Gasteiger partial charge < -0.3 is 9.05 Å². The van der Waals surface area contributed by atoms with Gasteiger partial charge in [-0.1, -0.05) is 62.8 Å². The normalized spacial score (nSPS) is 14.5. The fourth-order valence-corrected chi connectivity index (χ4v) is 3.67. The van der Waals surface area contributed by atoms with Crippen LogP contribution >= 0.6 is 7.60 Å². The van der Waals surface area contributed by atoms with E-state index in [0.29, 0.717) is 24.4 Å². The van der Waals surface area contributed by atoms with Gasteiger partial charge in [0.05, 0.1) is 18.5 Å². The summed E-state index contributed by atoms with van der Waals surface area (Å²) in [7, 11) is -3.26. The predicted molar refractivity (Wildman–Crippen MR) is 93.9 cm³/mol. The molecule has 0 fully saturated rings. The van der Waals surface area contributed by atoms with Gasteiger partial charge in [-0.05, 0) is 31.4 Å². The molecule has 1 unspecified atom stereocenters. The zero-order chi connectivity index (χ0) is 16.4. The van der Waals surface area contributed by atoms with Crippen LogP contribution in [-0.4, -0.2) is 13.2 Å². The van der Waals surface area contributed by atoms with Gasteiger partial charge in [0.15, 0.2) is 0 Å². The lowest BCUT2D eigenvalue weighted by Crippen LogP contribution is -1.99. The van der Waals surface area contributed by atoms with Gasteiger partial charge in [-0.3, -0.25) is 4.57 Å². The molecule has 1 aromatic rings. The van der Waals surface area contributed by atoms with Crippen LogP contribution in [0.25, 0.3) is 6.08 Å². The standard InChI is InChI=1S/C18H27O3P/c1-5-16(4)15-18(22(19,20-6-2)21-7-3)14-13-17-11-9-8-10-12-17/h8-16H,5-7H2,1-4H3/b14-13+,18-15+. The van der Waals surface area contributed by atoms with E-state index in [9.17, 15) is 4.57 Å². The van der Waals surface area contributed by atoms with Crippen LogP contribution in [0.5, 0.6) is 0 Å². The summed E-state index contributed by atoms with van der Waals surface area (Å²) in [6.45, 7) is 8.56. The zero-order valence-electron chi connectivity index (χ0n) is 14.0. The Hall–Kier alpha value is -1.15. The topological polar surface area (TPSA) is 35.5 Å². The Labute approximate surface area is 134 Å². The van der Waals surface area contributed by atoms with Gasteiger partial charge in [0.25, 0.3) is 0 Å². The van der Waals surface area contributed by atoms with Crippen LogP contribution in [0.1, 0.15) is 39.7 Å². The van der Waals surface area contributed by atoms with Crippen molar-refractivity contribution in [2.75, 3.05) is 13.2 Å². The summed E-state index contributed by atoms with van der Waals surface area (Å²) in [5, 5.41) is 0.634. The van der Waals surface area contributed by atoms with Crippen LogP contribution in [0, 0.1) is 5.92 Å².